The number of hydrogen-bond acceptors (Lipinski definition) is 7. The van der Waals surface area contributed by atoms with Gasteiger partial charge in [0.05, 0.1) is 12.9 Å². The van der Waals surface area contributed by atoms with Crippen LogP contribution >= 0.6 is 11.6 Å². The van der Waals surface area contributed by atoms with Crippen molar-refractivity contribution in [2.45, 2.75) is 31.0 Å². The quantitative estimate of drug-likeness (QED) is 0.783. The summed E-state index contributed by atoms with van der Waals surface area (Å²) in [5.74, 6) is 0.484. The standard InChI is InChI=1S/C13H17ClFN5O3/c1-13(4-21)8(22)6(15)11(23-13)20-5-16-7-9(19(2)3)17-12(14)18-10(7)20/h5-6,8,11,21-22H,4H2,1-3H3/t6-,8+,11-,13-/m1/s1. The molecule has 2 N–H and O–H groups in total. The number of nitrogens with zero attached hydrogens (tertiary/aromatic N) is 5. The Kier molecular flexibility index (Phi) is 3.91. The number of fused-ring (bicyclic) bond motifs is 1. The molecular weight excluding hydrogens is 329 g/mol. The molecule has 0 spiro atoms. The molecule has 0 radical (unpaired) electrons. The summed E-state index contributed by atoms with van der Waals surface area (Å²) in [5.41, 5.74) is -0.681. The van der Waals surface area contributed by atoms with E-state index in [1.807, 2.05) is 0 Å². The Morgan fingerprint density at radius 1 is 1.48 bits per heavy atom. The molecule has 10 heteroatoms. The number of ether oxygens (including phenoxy) is 1. The third-order valence-corrected chi connectivity index (χ3v) is 4.15. The molecule has 2 aromatic rings. The van der Waals surface area contributed by atoms with Crippen molar-refractivity contribution < 1.29 is 19.3 Å². The van der Waals surface area contributed by atoms with Gasteiger partial charge in [-0.15, -0.1) is 0 Å². The highest BCUT2D eigenvalue weighted by molar-refractivity contribution is 6.28. The average molecular weight is 346 g/mol. The summed E-state index contributed by atoms with van der Waals surface area (Å²) < 4.78 is 21.4. The lowest BCUT2D eigenvalue weighted by Crippen LogP contribution is -2.42. The summed E-state index contributed by atoms with van der Waals surface area (Å²) in [4.78, 5) is 14.1. The van der Waals surface area contributed by atoms with Crippen molar-refractivity contribution in [3.8, 4) is 0 Å². The SMILES string of the molecule is CN(C)c1nc(Cl)nc2c1ncn2[C@@H]1O[C@](C)(CO)[C@@H](O)[C@H]1F. The molecule has 0 unspecified atom stereocenters. The zero-order valence-corrected chi connectivity index (χ0v) is 13.6. The zero-order valence-electron chi connectivity index (χ0n) is 12.8. The molecule has 0 aliphatic carbocycles. The summed E-state index contributed by atoms with van der Waals surface area (Å²) in [7, 11) is 3.54. The lowest BCUT2D eigenvalue weighted by molar-refractivity contribution is -0.115. The van der Waals surface area contributed by atoms with E-state index >= 15 is 0 Å². The van der Waals surface area contributed by atoms with Gasteiger partial charge in [-0.25, -0.2) is 9.37 Å². The van der Waals surface area contributed by atoms with Gasteiger partial charge in [0.2, 0.25) is 5.28 Å². The minimum Gasteiger partial charge on any atom is -0.393 e. The van der Waals surface area contributed by atoms with E-state index in [9.17, 15) is 14.6 Å². The second-order valence-electron chi connectivity index (χ2n) is 5.90. The number of alkyl halides is 1. The minimum absolute atomic E-state index is 0.0122. The summed E-state index contributed by atoms with van der Waals surface area (Å²) in [6.45, 7) is 0.924. The molecule has 1 fully saturated rings. The molecule has 3 heterocycles. The Labute approximate surface area is 136 Å². The third-order valence-electron chi connectivity index (χ3n) is 3.98. The van der Waals surface area contributed by atoms with Crippen LogP contribution in [-0.4, -0.2) is 68.3 Å². The molecule has 8 nitrogen and oxygen atoms in total. The van der Waals surface area contributed by atoms with Crippen LogP contribution in [0.1, 0.15) is 13.2 Å². The first-order valence-electron chi connectivity index (χ1n) is 6.96. The molecule has 1 aliphatic rings. The molecule has 1 saturated heterocycles. The van der Waals surface area contributed by atoms with Gasteiger partial charge in [0.15, 0.2) is 29.4 Å². The second kappa shape index (κ2) is 5.52. The van der Waals surface area contributed by atoms with E-state index in [4.69, 9.17) is 16.3 Å². The van der Waals surface area contributed by atoms with E-state index in [2.05, 4.69) is 15.0 Å². The zero-order chi connectivity index (χ0) is 16.9. The van der Waals surface area contributed by atoms with Crippen LogP contribution in [0.5, 0.6) is 0 Å². The van der Waals surface area contributed by atoms with E-state index in [1.54, 1.807) is 19.0 Å². The molecule has 126 valence electrons. The van der Waals surface area contributed by atoms with E-state index in [0.717, 1.165) is 0 Å². The fourth-order valence-electron chi connectivity index (χ4n) is 2.62. The molecule has 2 aromatic heterocycles. The van der Waals surface area contributed by atoms with Gasteiger partial charge in [-0.3, -0.25) is 4.57 Å². The van der Waals surface area contributed by atoms with Gasteiger partial charge in [-0.2, -0.15) is 9.97 Å². The minimum atomic E-state index is -1.75. The highest BCUT2D eigenvalue weighted by Crippen LogP contribution is 2.40. The summed E-state index contributed by atoms with van der Waals surface area (Å²) in [5, 5.41) is 19.4. The summed E-state index contributed by atoms with van der Waals surface area (Å²) in [6.07, 6.45) is -3.04. The fraction of sp³-hybridized carbons (Fsp3) is 0.615. The van der Waals surface area contributed by atoms with Crippen LogP contribution in [0.3, 0.4) is 0 Å². The Bertz CT molecular complexity index is 742. The van der Waals surface area contributed by atoms with Crippen LogP contribution < -0.4 is 4.90 Å². The van der Waals surface area contributed by atoms with Crippen molar-refractivity contribution in [1.82, 2.24) is 19.5 Å². The van der Waals surface area contributed by atoms with Crippen molar-refractivity contribution in [2.75, 3.05) is 25.6 Å². The number of aromatic nitrogens is 4. The van der Waals surface area contributed by atoms with Crippen LogP contribution in [0, 0.1) is 0 Å². The largest absolute Gasteiger partial charge is 0.393 e. The van der Waals surface area contributed by atoms with Gasteiger partial charge in [-0.1, -0.05) is 0 Å². The second-order valence-corrected chi connectivity index (χ2v) is 6.24. The van der Waals surface area contributed by atoms with Crippen LogP contribution in [0.4, 0.5) is 10.2 Å². The maximum Gasteiger partial charge on any atom is 0.226 e. The first-order chi connectivity index (χ1) is 10.8. The van der Waals surface area contributed by atoms with Crippen LogP contribution in [0.2, 0.25) is 5.28 Å². The summed E-state index contributed by atoms with van der Waals surface area (Å²) in [6, 6.07) is 0. The molecule has 0 bridgehead atoms. The van der Waals surface area contributed by atoms with Gasteiger partial charge in [0, 0.05) is 14.1 Å². The van der Waals surface area contributed by atoms with E-state index in [-0.39, 0.29) is 10.9 Å². The fourth-order valence-corrected chi connectivity index (χ4v) is 2.78. The van der Waals surface area contributed by atoms with Crippen molar-refractivity contribution in [3.63, 3.8) is 0 Å². The van der Waals surface area contributed by atoms with E-state index in [0.29, 0.717) is 11.3 Å². The van der Waals surface area contributed by atoms with Crippen molar-refractivity contribution in [2.24, 2.45) is 0 Å². The number of anilines is 1. The lowest BCUT2D eigenvalue weighted by atomic mass is 9.99. The monoisotopic (exact) mass is 345 g/mol. The van der Waals surface area contributed by atoms with Crippen LogP contribution in [0.15, 0.2) is 6.33 Å². The first kappa shape index (κ1) is 16.3. The molecule has 0 amide bonds. The Morgan fingerprint density at radius 3 is 2.74 bits per heavy atom. The number of aliphatic hydroxyl groups excluding tert-OH is 2. The average Bonchev–Trinajstić information content (AvgIpc) is 3.01. The predicted molar refractivity (Wildman–Crippen MR) is 81.2 cm³/mol. The Hall–Kier alpha value is -1.55. The van der Waals surface area contributed by atoms with Crippen molar-refractivity contribution in [3.05, 3.63) is 11.6 Å². The number of rotatable bonds is 3. The Balaban J connectivity index is 2.11. The topological polar surface area (TPSA) is 96.5 Å². The molecule has 1 aliphatic heterocycles. The molecule has 4 atom stereocenters. The van der Waals surface area contributed by atoms with Gasteiger partial charge < -0.3 is 19.8 Å². The Morgan fingerprint density at radius 2 is 2.17 bits per heavy atom. The van der Waals surface area contributed by atoms with Gasteiger partial charge in [0.25, 0.3) is 0 Å². The molecule has 23 heavy (non-hydrogen) atoms. The maximum absolute atomic E-state index is 14.5. The smallest absolute Gasteiger partial charge is 0.226 e. The van der Waals surface area contributed by atoms with Gasteiger partial charge >= 0.3 is 0 Å². The van der Waals surface area contributed by atoms with E-state index in [1.165, 1.54) is 17.8 Å². The van der Waals surface area contributed by atoms with Crippen molar-refractivity contribution >= 4 is 28.6 Å². The van der Waals surface area contributed by atoms with Crippen molar-refractivity contribution in [1.29, 1.82) is 0 Å². The number of halogens is 2. The number of hydrogen-bond donors (Lipinski definition) is 2. The van der Waals surface area contributed by atoms with Gasteiger partial charge in [0.1, 0.15) is 11.7 Å². The predicted octanol–water partition coefficient (Wildman–Crippen LogP) is 0.524. The normalized spacial score (nSPS) is 31.0. The highest BCUT2D eigenvalue weighted by atomic mass is 35.5. The number of aliphatic hydroxyl groups is 2. The maximum atomic E-state index is 14.5. The van der Waals surface area contributed by atoms with Crippen LogP contribution in [-0.2, 0) is 4.74 Å². The van der Waals surface area contributed by atoms with Crippen LogP contribution in [0.25, 0.3) is 11.2 Å². The lowest BCUT2D eigenvalue weighted by Gasteiger charge is -2.24. The summed E-state index contributed by atoms with van der Waals surface area (Å²) >= 11 is 5.94. The molecule has 0 saturated carbocycles. The van der Waals surface area contributed by atoms with Gasteiger partial charge in [-0.05, 0) is 18.5 Å². The number of imidazole rings is 1. The molecular formula is C13H17ClFN5O3. The molecule has 3 rings (SSSR count). The molecule has 0 aromatic carbocycles. The first-order valence-corrected chi connectivity index (χ1v) is 7.34. The van der Waals surface area contributed by atoms with E-state index < -0.39 is 30.7 Å². The highest BCUT2D eigenvalue weighted by Gasteiger charge is 2.53. The third kappa shape index (κ3) is 2.44.